The van der Waals surface area contributed by atoms with Crippen molar-refractivity contribution < 1.29 is 19.8 Å². The molecule has 4 N–H and O–H groups in total. The van der Waals surface area contributed by atoms with Gasteiger partial charge in [-0.25, -0.2) is 4.79 Å². The topological polar surface area (TPSA) is 102 Å². The van der Waals surface area contributed by atoms with Crippen LogP contribution in [-0.2, 0) is 4.79 Å². The highest BCUT2D eigenvalue weighted by molar-refractivity contribution is 6.35. The monoisotopic (exact) mass is 505 g/mol. The zero-order valence-corrected chi connectivity index (χ0v) is 21.2. The van der Waals surface area contributed by atoms with Crippen molar-refractivity contribution in [3.63, 3.8) is 0 Å². The Morgan fingerprint density at radius 2 is 1.63 bits per heavy atom. The molecule has 38 heavy (non-hydrogen) atoms. The van der Waals surface area contributed by atoms with Crippen LogP contribution in [0.5, 0.6) is 5.75 Å². The van der Waals surface area contributed by atoms with E-state index in [0.29, 0.717) is 33.8 Å². The lowest BCUT2D eigenvalue weighted by Gasteiger charge is -2.18. The maximum atomic E-state index is 13.7. The summed E-state index contributed by atoms with van der Waals surface area (Å²) in [5, 5.41) is 26.8. The van der Waals surface area contributed by atoms with Gasteiger partial charge in [0.2, 0.25) is 0 Å². The van der Waals surface area contributed by atoms with E-state index in [1.165, 1.54) is 17.0 Å². The van der Waals surface area contributed by atoms with Crippen LogP contribution in [0.3, 0.4) is 0 Å². The van der Waals surface area contributed by atoms with Gasteiger partial charge in [-0.2, -0.15) is 0 Å². The lowest BCUT2D eigenvalue weighted by atomic mass is 9.99. The Bertz CT molecular complexity index is 1600. The van der Waals surface area contributed by atoms with Gasteiger partial charge in [-0.05, 0) is 61.9 Å². The summed E-state index contributed by atoms with van der Waals surface area (Å²) in [5.74, 6) is -1.30. The molecule has 0 radical (unpaired) electrons. The van der Waals surface area contributed by atoms with E-state index < -0.39 is 5.97 Å². The quantitative estimate of drug-likeness (QED) is 0.175. The number of carbonyl (C=O) groups is 2. The Kier molecular flexibility index (Phi) is 6.34. The van der Waals surface area contributed by atoms with Crippen LogP contribution in [-0.4, -0.2) is 29.1 Å². The van der Waals surface area contributed by atoms with Crippen LogP contribution in [0.15, 0.2) is 85.1 Å². The molecule has 1 aliphatic heterocycles. The average molecular weight is 506 g/mol. The number of carbonyl (C=O) groups excluding carboxylic acids is 1. The van der Waals surface area contributed by atoms with Gasteiger partial charge in [0.15, 0.2) is 0 Å². The molecule has 4 aromatic rings. The molecule has 0 aliphatic carbocycles. The third-order valence-electron chi connectivity index (χ3n) is 6.54. The van der Waals surface area contributed by atoms with Gasteiger partial charge in [-0.1, -0.05) is 47.5 Å². The Morgan fingerprint density at radius 1 is 0.895 bits per heavy atom. The number of hydrogen-bond donors (Lipinski definition) is 4. The van der Waals surface area contributed by atoms with Gasteiger partial charge in [0.25, 0.3) is 5.91 Å². The van der Waals surface area contributed by atoms with Crippen LogP contribution in [0.25, 0.3) is 16.7 Å². The van der Waals surface area contributed by atoms with E-state index in [1.807, 2.05) is 56.3 Å². The van der Waals surface area contributed by atoms with Crippen LogP contribution in [0.4, 0.5) is 22.7 Å². The molecule has 0 atom stereocenters. The van der Waals surface area contributed by atoms with E-state index in [2.05, 4.69) is 16.7 Å². The number of phenols is 1. The highest BCUT2D eigenvalue weighted by Gasteiger charge is 2.34. The Hall–Kier alpha value is -5.04. The van der Waals surface area contributed by atoms with Gasteiger partial charge in [-0.3, -0.25) is 9.69 Å². The summed E-state index contributed by atoms with van der Waals surface area (Å²) in [7, 11) is 1.80. The van der Waals surface area contributed by atoms with Gasteiger partial charge in [0.1, 0.15) is 5.75 Å². The molecule has 5 rings (SSSR count). The number of para-hydroxylation sites is 1. The van der Waals surface area contributed by atoms with E-state index in [4.69, 9.17) is 0 Å². The number of aromatic hydroxyl groups is 1. The number of phenolic OH excluding ortho intramolecular Hbond substituents is 1. The molecule has 7 nitrogen and oxygen atoms in total. The van der Waals surface area contributed by atoms with Crippen LogP contribution in [0.1, 0.15) is 27.0 Å². The van der Waals surface area contributed by atoms with Crippen LogP contribution in [0.2, 0.25) is 0 Å². The Balaban J connectivity index is 1.56. The molecule has 190 valence electrons. The minimum Gasteiger partial charge on any atom is -0.505 e. The van der Waals surface area contributed by atoms with Crippen molar-refractivity contribution in [2.24, 2.45) is 0 Å². The maximum Gasteiger partial charge on any atom is 0.335 e. The number of benzene rings is 4. The number of nitrogens with one attached hydrogen (secondary N) is 2. The van der Waals surface area contributed by atoms with Crippen molar-refractivity contribution in [3.8, 4) is 16.9 Å². The first-order valence-electron chi connectivity index (χ1n) is 12.1. The summed E-state index contributed by atoms with van der Waals surface area (Å²) in [5.41, 5.74) is 7.31. The van der Waals surface area contributed by atoms with E-state index in [1.54, 1.807) is 31.4 Å². The Morgan fingerprint density at radius 3 is 2.34 bits per heavy atom. The van der Waals surface area contributed by atoms with Gasteiger partial charge in [0, 0.05) is 30.1 Å². The molecule has 0 aromatic heterocycles. The SMILES string of the molecule is CNc1ccc2c(c1)/C(=C/Nc1cccc(-c3cc(C)cc(C)c3)c1O)C(=O)N2c1cccc(C(=O)O)c1. The first kappa shape index (κ1) is 24.6. The summed E-state index contributed by atoms with van der Waals surface area (Å²) in [4.78, 5) is 26.7. The van der Waals surface area contributed by atoms with Crippen molar-refractivity contribution >= 4 is 40.2 Å². The highest BCUT2D eigenvalue weighted by Crippen LogP contribution is 2.43. The second-order valence-electron chi connectivity index (χ2n) is 9.26. The lowest BCUT2D eigenvalue weighted by molar-refractivity contribution is -0.112. The third-order valence-corrected chi connectivity index (χ3v) is 6.54. The van der Waals surface area contributed by atoms with Crippen LogP contribution >= 0.6 is 0 Å². The molecule has 0 fully saturated rings. The fourth-order valence-electron chi connectivity index (χ4n) is 4.79. The summed E-state index contributed by atoms with van der Waals surface area (Å²) in [6.45, 7) is 4.03. The number of fused-ring (bicyclic) bond motifs is 1. The standard InChI is InChI=1S/C31H27N3O4/c1-18-12-19(2)14-21(13-18)24-8-5-9-27(29(24)35)33-17-26-25-16-22(32-3)10-11-28(25)34(30(26)36)23-7-4-6-20(15-23)31(37)38/h4-17,32-33,35H,1-3H3,(H,37,38)/b26-17-. The van der Waals surface area contributed by atoms with Gasteiger partial charge < -0.3 is 20.8 Å². The fourth-order valence-corrected chi connectivity index (χ4v) is 4.79. The largest absolute Gasteiger partial charge is 0.505 e. The van der Waals surface area contributed by atoms with Crippen molar-refractivity contribution in [3.05, 3.63) is 107 Å². The van der Waals surface area contributed by atoms with Crippen molar-refractivity contribution in [1.82, 2.24) is 0 Å². The van der Waals surface area contributed by atoms with Gasteiger partial charge in [-0.15, -0.1) is 0 Å². The lowest BCUT2D eigenvalue weighted by Crippen LogP contribution is -2.21. The van der Waals surface area contributed by atoms with E-state index in [-0.39, 0.29) is 17.2 Å². The number of rotatable bonds is 6. The first-order valence-corrected chi connectivity index (χ1v) is 12.1. The fraction of sp³-hybridized carbons (Fsp3) is 0.0968. The van der Waals surface area contributed by atoms with Gasteiger partial charge >= 0.3 is 5.97 Å². The molecule has 0 spiro atoms. The maximum absolute atomic E-state index is 13.7. The van der Waals surface area contributed by atoms with E-state index in [0.717, 1.165) is 22.4 Å². The van der Waals surface area contributed by atoms with Crippen molar-refractivity contribution in [2.45, 2.75) is 13.8 Å². The predicted octanol–water partition coefficient (Wildman–Crippen LogP) is 6.55. The summed E-state index contributed by atoms with van der Waals surface area (Å²) in [6.07, 6.45) is 1.59. The molecular weight excluding hydrogens is 478 g/mol. The molecule has 0 saturated heterocycles. The normalized spacial score (nSPS) is 13.5. The third kappa shape index (κ3) is 4.46. The zero-order valence-electron chi connectivity index (χ0n) is 21.2. The number of anilines is 4. The predicted molar refractivity (Wildman–Crippen MR) is 151 cm³/mol. The number of carboxylic acid groups (broad SMARTS) is 1. The number of amides is 1. The second kappa shape index (κ2) is 9.78. The molecule has 1 amide bonds. The molecule has 0 saturated carbocycles. The molecule has 0 unspecified atom stereocenters. The van der Waals surface area contributed by atoms with E-state index >= 15 is 0 Å². The summed E-state index contributed by atoms with van der Waals surface area (Å²) in [6, 6.07) is 23.4. The summed E-state index contributed by atoms with van der Waals surface area (Å²) >= 11 is 0. The van der Waals surface area contributed by atoms with E-state index in [9.17, 15) is 19.8 Å². The van der Waals surface area contributed by atoms with Crippen LogP contribution in [0, 0.1) is 13.8 Å². The van der Waals surface area contributed by atoms with Gasteiger partial charge in [0.05, 0.1) is 28.2 Å². The molecule has 0 bridgehead atoms. The number of carboxylic acids is 1. The molecule has 4 aromatic carbocycles. The Labute approximate surface area is 220 Å². The smallest absolute Gasteiger partial charge is 0.335 e. The second-order valence-corrected chi connectivity index (χ2v) is 9.26. The number of aromatic carboxylic acids is 1. The highest BCUT2D eigenvalue weighted by atomic mass is 16.4. The summed E-state index contributed by atoms with van der Waals surface area (Å²) < 4.78 is 0. The average Bonchev–Trinajstić information content (AvgIpc) is 3.17. The van der Waals surface area contributed by atoms with Crippen molar-refractivity contribution in [1.29, 1.82) is 0 Å². The van der Waals surface area contributed by atoms with Crippen molar-refractivity contribution in [2.75, 3.05) is 22.6 Å². The molecule has 7 heteroatoms. The number of aryl methyl sites for hydroxylation is 2. The number of nitrogens with zero attached hydrogens (tertiary/aromatic N) is 1. The number of hydrogen-bond acceptors (Lipinski definition) is 5. The molecule has 1 heterocycles. The van der Waals surface area contributed by atoms with Crippen LogP contribution < -0.4 is 15.5 Å². The minimum absolute atomic E-state index is 0.0787. The molecular formula is C31H27N3O4. The first-order chi connectivity index (χ1) is 18.3. The molecule has 1 aliphatic rings. The minimum atomic E-state index is -1.07. The zero-order chi connectivity index (χ0) is 27.0.